The van der Waals surface area contributed by atoms with Crippen molar-refractivity contribution in [2.75, 3.05) is 32.5 Å². The Morgan fingerprint density at radius 3 is 2.49 bits per heavy atom. The standard InChI is InChI=1S/C29H27N5O4.C3H7NO/c35-15-23-21(2-1-3-24(23)33-28(36)20-8-6-18(7-9-20)17-4-5-17)26-22-14-25(32-27(22)31-16-30-26)19-10-12-34(13-11-19)29(37)38;1-4(2)3-5/h1-3,6-10,14,16-17,35H,4-5,11-13,15H2,(H,33,36)(H,37,38)(H,30,31,32);3H,1-2H3. The predicted molar refractivity (Wildman–Crippen MR) is 164 cm³/mol. The lowest BCUT2D eigenvalue weighted by molar-refractivity contribution is -0.115. The van der Waals surface area contributed by atoms with Gasteiger partial charge >= 0.3 is 6.09 Å². The number of nitrogens with one attached hydrogen (secondary N) is 2. The van der Waals surface area contributed by atoms with Crippen LogP contribution in [0, 0.1) is 0 Å². The number of carboxylic acid groups (broad SMARTS) is 1. The van der Waals surface area contributed by atoms with Crippen LogP contribution >= 0.6 is 0 Å². The van der Waals surface area contributed by atoms with Crippen molar-refractivity contribution in [3.05, 3.63) is 83.3 Å². The number of benzene rings is 2. The van der Waals surface area contributed by atoms with Crippen molar-refractivity contribution < 1.29 is 24.6 Å². The minimum Gasteiger partial charge on any atom is -0.465 e. The SMILES string of the molecule is CN(C)C=O.O=C(Nc1cccc(-c2ncnc3[nH]c(C4=CCN(C(=O)O)CC4)cc23)c1CO)c1ccc(C2CC2)cc1. The largest absolute Gasteiger partial charge is 0.465 e. The monoisotopic (exact) mass is 582 g/mol. The van der Waals surface area contributed by atoms with Crippen LogP contribution in [0.2, 0.25) is 0 Å². The number of nitrogens with zero attached hydrogens (tertiary/aromatic N) is 4. The maximum absolute atomic E-state index is 13.0. The molecular formula is C32H34N6O5. The van der Waals surface area contributed by atoms with Gasteiger partial charge in [0.05, 0.1) is 12.3 Å². The van der Waals surface area contributed by atoms with Crippen LogP contribution in [0.5, 0.6) is 0 Å². The van der Waals surface area contributed by atoms with Crippen LogP contribution in [-0.4, -0.2) is 80.6 Å². The van der Waals surface area contributed by atoms with Crippen LogP contribution in [-0.2, 0) is 11.4 Å². The third kappa shape index (κ3) is 6.73. The van der Waals surface area contributed by atoms with Crippen LogP contribution in [0.4, 0.5) is 10.5 Å². The van der Waals surface area contributed by atoms with Gasteiger partial charge in [0, 0.05) is 60.6 Å². The second kappa shape index (κ2) is 12.9. The first-order valence-electron chi connectivity index (χ1n) is 14.1. The number of aromatic nitrogens is 3. The van der Waals surface area contributed by atoms with Crippen molar-refractivity contribution in [2.45, 2.75) is 31.8 Å². The van der Waals surface area contributed by atoms with E-state index in [9.17, 15) is 24.6 Å². The number of aliphatic hydroxyl groups is 1. The molecule has 1 fully saturated rings. The van der Waals surface area contributed by atoms with Crippen molar-refractivity contribution in [3.63, 3.8) is 0 Å². The Labute approximate surface area is 248 Å². The highest BCUT2D eigenvalue weighted by molar-refractivity contribution is 6.05. The third-order valence-electron chi connectivity index (χ3n) is 7.52. The number of anilines is 1. The van der Waals surface area contributed by atoms with Gasteiger partial charge in [0.1, 0.15) is 12.0 Å². The molecule has 0 atom stereocenters. The topological polar surface area (TPSA) is 152 Å². The van der Waals surface area contributed by atoms with Crippen LogP contribution in [0.15, 0.2) is 60.9 Å². The summed E-state index contributed by atoms with van der Waals surface area (Å²) in [5.74, 6) is 0.382. The molecule has 1 aliphatic heterocycles. The first-order chi connectivity index (χ1) is 20.8. The molecule has 1 saturated carbocycles. The normalized spacial score (nSPS) is 14.4. The van der Waals surface area contributed by atoms with Crippen molar-refractivity contribution in [3.8, 4) is 11.3 Å². The van der Waals surface area contributed by atoms with Crippen molar-refractivity contribution in [1.82, 2.24) is 24.8 Å². The van der Waals surface area contributed by atoms with E-state index in [1.165, 1.54) is 34.5 Å². The Balaban J connectivity index is 0.000000682. The first-order valence-corrected chi connectivity index (χ1v) is 14.1. The van der Waals surface area contributed by atoms with E-state index in [1.54, 1.807) is 20.2 Å². The summed E-state index contributed by atoms with van der Waals surface area (Å²) in [6, 6.07) is 15.1. The molecule has 2 aromatic carbocycles. The van der Waals surface area contributed by atoms with Crippen LogP contribution in [0.3, 0.4) is 0 Å². The number of rotatable bonds is 7. The lowest BCUT2D eigenvalue weighted by Gasteiger charge is -2.23. The highest BCUT2D eigenvalue weighted by atomic mass is 16.4. The highest BCUT2D eigenvalue weighted by Crippen LogP contribution is 2.40. The molecule has 2 aromatic heterocycles. The predicted octanol–water partition coefficient (Wildman–Crippen LogP) is 4.72. The summed E-state index contributed by atoms with van der Waals surface area (Å²) in [5, 5.41) is 23.3. The molecule has 0 unspecified atom stereocenters. The van der Waals surface area contributed by atoms with Gasteiger partial charge in [-0.2, -0.15) is 0 Å². The summed E-state index contributed by atoms with van der Waals surface area (Å²) < 4.78 is 0. The maximum atomic E-state index is 13.0. The van der Waals surface area contributed by atoms with Gasteiger partial charge in [0.15, 0.2) is 0 Å². The Morgan fingerprint density at radius 2 is 1.88 bits per heavy atom. The van der Waals surface area contributed by atoms with Gasteiger partial charge < -0.3 is 30.3 Å². The van der Waals surface area contributed by atoms with Gasteiger partial charge in [-0.05, 0) is 60.6 Å². The van der Waals surface area contributed by atoms with Crippen molar-refractivity contribution in [1.29, 1.82) is 0 Å². The average molecular weight is 583 g/mol. The smallest absolute Gasteiger partial charge is 0.407 e. The van der Waals surface area contributed by atoms with Gasteiger partial charge in [0.25, 0.3) is 5.91 Å². The van der Waals surface area contributed by atoms with E-state index in [-0.39, 0.29) is 12.5 Å². The third-order valence-corrected chi connectivity index (χ3v) is 7.52. The van der Waals surface area contributed by atoms with Crippen LogP contribution in [0.1, 0.15) is 52.4 Å². The average Bonchev–Trinajstić information content (AvgIpc) is 3.79. The summed E-state index contributed by atoms with van der Waals surface area (Å²) in [6.45, 7) is 0.471. The lowest BCUT2D eigenvalue weighted by Crippen LogP contribution is -2.33. The van der Waals surface area contributed by atoms with Crippen molar-refractivity contribution in [2.24, 2.45) is 0 Å². The zero-order chi connectivity index (χ0) is 30.5. The van der Waals surface area contributed by atoms with E-state index in [1.807, 2.05) is 48.5 Å². The number of carbonyl (C=O) groups excluding carboxylic acids is 2. The quantitative estimate of drug-likeness (QED) is 0.230. The Morgan fingerprint density at radius 1 is 1.14 bits per heavy atom. The number of amides is 3. The molecule has 0 bridgehead atoms. The van der Waals surface area contributed by atoms with Crippen molar-refractivity contribution >= 4 is 40.7 Å². The zero-order valence-electron chi connectivity index (χ0n) is 24.1. The van der Waals surface area contributed by atoms with E-state index in [0.29, 0.717) is 59.1 Å². The number of aliphatic hydroxyl groups excluding tert-OH is 1. The van der Waals surface area contributed by atoms with Gasteiger partial charge in [-0.15, -0.1) is 0 Å². The number of carbonyl (C=O) groups is 3. The van der Waals surface area contributed by atoms with E-state index >= 15 is 0 Å². The summed E-state index contributed by atoms with van der Waals surface area (Å²) in [7, 11) is 3.38. The maximum Gasteiger partial charge on any atom is 0.407 e. The Kier molecular flexibility index (Phi) is 8.82. The van der Waals surface area contributed by atoms with Gasteiger partial charge in [0.2, 0.25) is 6.41 Å². The molecule has 1 aliphatic carbocycles. The number of H-pyrrole nitrogens is 1. The van der Waals surface area contributed by atoms with Gasteiger partial charge in [-0.3, -0.25) is 9.59 Å². The fourth-order valence-electron chi connectivity index (χ4n) is 5.03. The number of aromatic amines is 1. The first kappa shape index (κ1) is 29.5. The minimum absolute atomic E-state index is 0.240. The second-order valence-electron chi connectivity index (χ2n) is 10.8. The molecule has 3 heterocycles. The molecule has 0 saturated heterocycles. The summed E-state index contributed by atoms with van der Waals surface area (Å²) in [5.41, 5.74) is 6.75. The van der Waals surface area contributed by atoms with Gasteiger partial charge in [-0.25, -0.2) is 14.8 Å². The molecule has 3 amide bonds. The number of fused-ring (bicyclic) bond motifs is 1. The molecular weight excluding hydrogens is 548 g/mol. The zero-order valence-corrected chi connectivity index (χ0v) is 24.1. The molecule has 4 N–H and O–H groups in total. The van der Waals surface area contributed by atoms with Crippen LogP contribution in [0.25, 0.3) is 27.9 Å². The lowest BCUT2D eigenvalue weighted by atomic mass is 9.99. The Bertz CT molecular complexity index is 1670. The molecule has 4 aromatic rings. The van der Waals surface area contributed by atoms with E-state index in [2.05, 4.69) is 20.3 Å². The fourth-order valence-corrected chi connectivity index (χ4v) is 5.03. The number of hydrogen-bond donors (Lipinski definition) is 4. The molecule has 2 aliphatic rings. The van der Waals surface area contributed by atoms with E-state index in [0.717, 1.165) is 23.1 Å². The Hall–Kier alpha value is -5.03. The molecule has 11 heteroatoms. The minimum atomic E-state index is -0.927. The molecule has 0 radical (unpaired) electrons. The van der Waals surface area contributed by atoms with E-state index in [4.69, 9.17) is 0 Å². The van der Waals surface area contributed by atoms with Gasteiger partial charge in [-0.1, -0.05) is 30.3 Å². The molecule has 222 valence electrons. The fraction of sp³-hybridized carbons (Fsp3) is 0.281. The van der Waals surface area contributed by atoms with Crippen LogP contribution < -0.4 is 5.32 Å². The highest BCUT2D eigenvalue weighted by Gasteiger charge is 2.24. The summed E-state index contributed by atoms with van der Waals surface area (Å²) in [6.07, 6.45) is 6.20. The molecule has 43 heavy (non-hydrogen) atoms. The summed E-state index contributed by atoms with van der Waals surface area (Å²) in [4.78, 5) is 48.7. The molecule has 11 nitrogen and oxygen atoms in total. The number of hydrogen-bond acceptors (Lipinski definition) is 6. The van der Waals surface area contributed by atoms with E-state index < -0.39 is 6.09 Å². The summed E-state index contributed by atoms with van der Waals surface area (Å²) >= 11 is 0. The molecule has 6 rings (SSSR count). The molecule has 0 spiro atoms. The second-order valence-corrected chi connectivity index (χ2v) is 10.8.